The highest BCUT2D eigenvalue weighted by Gasteiger charge is 2.13. The van der Waals surface area contributed by atoms with Gasteiger partial charge >= 0.3 is 0 Å². The third kappa shape index (κ3) is 4.31. The lowest BCUT2D eigenvalue weighted by Crippen LogP contribution is -2.15. The molecule has 2 aromatic heterocycles. The molecular weight excluding hydrogens is 405 g/mol. The van der Waals surface area contributed by atoms with Gasteiger partial charge in [0.05, 0.1) is 16.0 Å². The van der Waals surface area contributed by atoms with Crippen LogP contribution >= 0.6 is 23.1 Å². The maximum atomic E-state index is 13.2. The van der Waals surface area contributed by atoms with Gasteiger partial charge in [0.25, 0.3) is 0 Å². The van der Waals surface area contributed by atoms with Crippen molar-refractivity contribution >= 4 is 44.9 Å². The zero-order chi connectivity index (χ0) is 20.4. The summed E-state index contributed by atoms with van der Waals surface area (Å²) >= 11 is 2.93. The third-order valence-corrected chi connectivity index (χ3v) is 6.79. The molecule has 0 radical (unpaired) electrons. The molecule has 7 heteroatoms. The maximum Gasteiger partial charge on any atom is 0.234 e. The molecule has 2 aromatic carbocycles. The summed E-state index contributed by atoms with van der Waals surface area (Å²) in [5, 5.41) is 3.77. The Labute approximate surface area is 176 Å². The Morgan fingerprint density at radius 2 is 1.83 bits per heavy atom. The monoisotopic (exact) mass is 423 g/mol. The zero-order valence-electron chi connectivity index (χ0n) is 15.9. The first-order valence-electron chi connectivity index (χ1n) is 9.00. The number of halogens is 1. The van der Waals surface area contributed by atoms with Gasteiger partial charge in [0.2, 0.25) is 5.91 Å². The highest BCUT2D eigenvalue weighted by atomic mass is 32.2. The van der Waals surface area contributed by atoms with Gasteiger partial charge in [0, 0.05) is 10.6 Å². The highest BCUT2D eigenvalue weighted by molar-refractivity contribution is 8.00. The standard InChI is InChI=1S/C22H18FN3OS2/c1-13-4-3-5-14(2)20(13)26-19(27)11-28-22-21-17(24-12-25-22)10-18(29-21)15-6-8-16(23)9-7-15/h3-10,12H,11H2,1-2H3,(H,26,27). The molecule has 0 spiro atoms. The lowest BCUT2D eigenvalue weighted by molar-refractivity contribution is -0.113. The van der Waals surface area contributed by atoms with E-state index in [1.54, 1.807) is 23.5 Å². The van der Waals surface area contributed by atoms with Gasteiger partial charge in [-0.25, -0.2) is 14.4 Å². The number of thiophene rings is 1. The summed E-state index contributed by atoms with van der Waals surface area (Å²) in [5.41, 5.74) is 4.69. The number of nitrogens with zero attached hydrogens (tertiary/aromatic N) is 2. The van der Waals surface area contributed by atoms with Crippen LogP contribution in [0.2, 0.25) is 0 Å². The third-order valence-electron chi connectivity index (χ3n) is 4.49. The normalized spacial score (nSPS) is 11.0. The van der Waals surface area contributed by atoms with Crippen molar-refractivity contribution < 1.29 is 9.18 Å². The molecule has 0 bridgehead atoms. The van der Waals surface area contributed by atoms with Crippen molar-refractivity contribution in [3.8, 4) is 10.4 Å². The number of carbonyl (C=O) groups excluding carboxylic acids is 1. The van der Waals surface area contributed by atoms with Crippen LogP contribution in [0.3, 0.4) is 0 Å². The topological polar surface area (TPSA) is 54.9 Å². The molecular formula is C22H18FN3OS2. The van der Waals surface area contributed by atoms with Gasteiger partial charge in [-0.05, 0) is 48.7 Å². The summed E-state index contributed by atoms with van der Waals surface area (Å²) in [6.07, 6.45) is 1.51. The summed E-state index contributed by atoms with van der Waals surface area (Å²) in [6, 6.07) is 14.3. The van der Waals surface area contributed by atoms with Crippen LogP contribution in [-0.2, 0) is 4.79 Å². The van der Waals surface area contributed by atoms with Gasteiger partial charge in [-0.2, -0.15) is 0 Å². The number of hydrogen-bond acceptors (Lipinski definition) is 5. The molecule has 29 heavy (non-hydrogen) atoms. The summed E-state index contributed by atoms with van der Waals surface area (Å²) < 4.78 is 14.1. The predicted molar refractivity (Wildman–Crippen MR) is 118 cm³/mol. The van der Waals surface area contributed by atoms with E-state index in [1.165, 1.54) is 30.2 Å². The number of benzene rings is 2. The molecule has 0 aliphatic heterocycles. The van der Waals surface area contributed by atoms with E-state index in [0.717, 1.165) is 42.5 Å². The molecule has 0 aliphatic carbocycles. The number of hydrogen-bond donors (Lipinski definition) is 1. The number of para-hydroxylation sites is 1. The molecule has 4 nitrogen and oxygen atoms in total. The van der Waals surface area contributed by atoms with Gasteiger partial charge in [-0.3, -0.25) is 4.79 Å². The minimum absolute atomic E-state index is 0.0746. The molecule has 0 fully saturated rings. The Hall–Kier alpha value is -2.77. The predicted octanol–water partition coefficient (Wildman–Crippen LogP) is 5.85. The van der Waals surface area contributed by atoms with E-state index in [9.17, 15) is 9.18 Å². The highest BCUT2D eigenvalue weighted by Crippen LogP contribution is 2.37. The van der Waals surface area contributed by atoms with Crippen LogP contribution in [0, 0.1) is 19.7 Å². The number of anilines is 1. The first-order chi connectivity index (χ1) is 14.0. The second kappa shape index (κ2) is 8.31. The summed E-state index contributed by atoms with van der Waals surface area (Å²) in [6.45, 7) is 3.96. The second-order valence-electron chi connectivity index (χ2n) is 6.61. The van der Waals surface area contributed by atoms with Crippen LogP contribution < -0.4 is 5.32 Å². The number of aryl methyl sites for hydroxylation is 2. The largest absolute Gasteiger partial charge is 0.325 e. The van der Waals surface area contributed by atoms with E-state index in [1.807, 2.05) is 38.1 Å². The van der Waals surface area contributed by atoms with Crippen molar-refractivity contribution in [2.45, 2.75) is 18.9 Å². The van der Waals surface area contributed by atoms with Gasteiger partial charge in [-0.1, -0.05) is 42.1 Å². The fraction of sp³-hybridized carbons (Fsp3) is 0.136. The van der Waals surface area contributed by atoms with Crippen LogP contribution in [0.15, 0.2) is 59.9 Å². The van der Waals surface area contributed by atoms with Crippen LogP contribution in [0.4, 0.5) is 10.1 Å². The molecule has 0 atom stereocenters. The summed E-state index contributed by atoms with van der Waals surface area (Å²) in [4.78, 5) is 22.2. The molecule has 146 valence electrons. The minimum Gasteiger partial charge on any atom is -0.325 e. The number of aromatic nitrogens is 2. The second-order valence-corrected chi connectivity index (χ2v) is 8.63. The van der Waals surface area contributed by atoms with Crippen molar-refractivity contribution in [2.75, 3.05) is 11.1 Å². The number of fused-ring (bicyclic) bond motifs is 1. The quantitative estimate of drug-likeness (QED) is 0.323. The number of nitrogens with one attached hydrogen (secondary N) is 1. The van der Waals surface area contributed by atoms with Crippen molar-refractivity contribution in [2.24, 2.45) is 0 Å². The Bertz CT molecular complexity index is 1170. The average molecular weight is 424 g/mol. The fourth-order valence-electron chi connectivity index (χ4n) is 3.01. The molecule has 1 amide bonds. The Morgan fingerprint density at radius 1 is 1.10 bits per heavy atom. The number of thioether (sulfide) groups is 1. The molecule has 0 saturated heterocycles. The van der Waals surface area contributed by atoms with Gasteiger partial charge < -0.3 is 5.32 Å². The van der Waals surface area contributed by atoms with Crippen molar-refractivity contribution in [3.63, 3.8) is 0 Å². The van der Waals surface area contributed by atoms with Crippen LogP contribution in [0.1, 0.15) is 11.1 Å². The molecule has 0 aliphatic rings. The van der Waals surface area contributed by atoms with Gasteiger partial charge in [-0.15, -0.1) is 11.3 Å². The van der Waals surface area contributed by atoms with E-state index in [4.69, 9.17) is 0 Å². The van der Waals surface area contributed by atoms with Crippen LogP contribution in [-0.4, -0.2) is 21.6 Å². The van der Waals surface area contributed by atoms with E-state index in [2.05, 4.69) is 15.3 Å². The van der Waals surface area contributed by atoms with Gasteiger partial charge in [0.1, 0.15) is 17.2 Å². The number of rotatable bonds is 5. The molecule has 0 unspecified atom stereocenters. The van der Waals surface area contributed by atoms with Crippen LogP contribution in [0.5, 0.6) is 0 Å². The van der Waals surface area contributed by atoms with Crippen molar-refractivity contribution in [1.82, 2.24) is 9.97 Å². The smallest absolute Gasteiger partial charge is 0.234 e. The Kier molecular flexibility index (Phi) is 5.60. The zero-order valence-corrected chi connectivity index (χ0v) is 17.5. The average Bonchev–Trinajstić information content (AvgIpc) is 3.14. The first kappa shape index (κ1) is 19.5. The molecule has 1 N–H and O–H groups in total. The lowest BCUT2D eigenvalue weighted by Gasteiger charge is -2.11. The number of amides is 1. The molecule has 0 saturated carbocycles. The van der Waals surface area contributed by atoms with E-state index < -0.39 is 0 Å². The summed E-state index contributed by atoms with van der Waals surface area (Å²) in [7, 11) is 0. The SMILES string of the molecule is Cc1cccc(C)c1NC(=O)CSc1ncnc2cc(-c3ccc(F)cc3)sc12. The lowest BCUT2D eigenvalue weighted by atomic mass is 10.1. The van der Waals surface area contributed by atoms with Crippen molar-refractivity contribution in [1.29, 1.82) is 0 Å². The molecule has 2 heterocycles. The van der Waals surface area contributed by atoms with E-state index in [-0.39, 0.29) is 17.5 Å². The Morgan fingerprint density at radius 3 is 2.55 bits per heavy atom. The Balaban J connectivity index is 1.52. The van der Waals surface area contributed by atoms with E-state index in [0.29, 0.717) is 0 Å². The van der Waals surface area contributed by atoms with Crippen LogP contribution in [0.25, 0.3) is 20.7 Å². The fourth-order valence-corrected chi connectivity index (χ4v) is 5.01. The van der Waals surface area contributed by atoms with Gasteiger partial charge in [0.15, 0.2) is 0 Å². The molecule has 4 aromatic rings. The van der Waals surface area contributed by atoms with Crippen molar-refractivity contribution in [3.05, 3.63) is 71.8 Å². The number of carbonyl (C=O) groups is 1. The minimum atomic E-state index is -0.263. The summed E-state index contributed by atoms with van der Waals surface area (Å²) in [5.74, 6) is -0.0841. The first-order valence-corrected chi connectivity index (χ1v) is 10.8. The maximum absolute atomic E-state index is 13.2. The van der Waals surface area contributed by atoms with E-state index >= 15 is 0 Å². The molecule has 4 rings (SSSR count).